The molecule has 0 spiro atoms. The molecule has 1 atom stereocenters. The smallest absolute Gasteiger partial charge is 0.271 e. The van der Waals surface area contributed by atoms with Crippen LogP contribution in [0.3, 0.4) is 0 Å². The molecule has 7 heteroatoms. The molecule has 0 saturated heterocycles. The Balaban J connectivity index is 2.07. The van der Waals surface area contributed by atoms with E-state index in [1.54, 1.807) is 24.3 Å². The molecule has 2 heterocycles. The van der Waals surface area contributed by atoms with Gasteiger partial charge >= 0.3 is 0 Å². The van der Waals surface area contributed by atoms with Crippen LogP contribution in [0.5, 0.6) is 17.4 Å². The number of pyridine rings is 1. The average molecular weight is 368 g/mol. The van der Waals surface area contributed by atoms with Crippen molar-refractivity contribution in [2.75, 3.05) is 6.61 Å². The zero-order valence-corrected chi connectivity index (χ0v) is 15.4. The van der Waals surface area contributed by atoms with Crippen molar-refractivity contribution in [1.29, 1.82) is 5.26 Å². The number of benzene rings is 1. The molecule has 0 amide bonds. The van der Waals surface area contributed by atoms with Crippen molar-refractivity contribution in [1.82, 2.24) is 4.57 Å². The Morgan fingerprint density at radius 1 is 1.37 bits per heavy atom. The summed E-state index contributed by atoms with van der Waals surface area (Å²) in [6.45, 7) is 5.37. The Hall–Kier alpha value is -3.27. The zero-order valence-electron chi connectivity index (χ0n) is 15.4. The maximum atomic E-state index is 13.1. The highest BCUT2D eigenvalue weighted by molar-refractivity contribution is 6.03. The predicted molar refractivity (Wildman–Crippen MR) is 97.3 cm³/mol. The second-order valence-corrected chi connectivity index (χ2v) is 6.85. The van der Waals surface area contributed by atoms with Crippen LogP contribution in [0.2, 0.25) is 0 Å². The molecule has 0 saturated carbocycles. The van der Waals surface area contributed by atoms with E-state index in [-0.39, 0.29) is 35.8 Å². The van der Waals surface area contributed by atoms with Crippen LogP contribution in [0.1, 0.15) is 35.3 Å². The number of fused-ring (bicyclic) bond motifs is 1. The van der Waals surface area contributed by atoms with Gasteiger partial charge in [0.15, 0.2) is 17.6 Å². The lowest BCUT2D eigenvalue weighted by Crippen LogP contribution is -2.38. The molecule has 1 unspecified atom stereocenters. The molecular formula is C20H20N2O5. The third kappa shape index (κ3) is 3.26. The van der Waals surface area contributed by atoms with E-state index in [2.05, 4.69) is 0 Å². The monoisotopic (exact) mass is 368 g/mol. The van der Waals surface area contributed by atoms with E-state index >= 15 is 0 Å². The first kappa shape index (κ1) is 18.5. The van der Waals surface area contributed by atoms with Gasteiger partial charge in [0.25, 0.3) is 5.56 Å². The molecule has 0 radical (unpaired) electrons. The standard InChI is InChI=1S/C20H20N2O5/c1-11(2)9-22-19(24)13(8-21)12(3)17(20(22)25)18(23)16-10-26-14-6-4-5-7-15(14)27-16/h4-7,11,16,25H,9-10H2,1-3H3. The largest absolute Gasteiger partial charge is 0.494 e. The molecule has 1 aliphatic rings. The summed E-state index contributed by atoms with van der Waals surface area (Å²) in [6, 6.07) is 8.81. The Morgan fingerprint density at radius 3 is 2.67 bits per heavy atom. The van der Waals surface area contributed by atoms with Gasteiger partial charge in [-0.05, 0) is 30.5 Å². The highest BCUT2D eigenvalue weighted by atomic mass is 16.6. The van der Waals surface area contributed by atoms with Crippen LogP contribution in [-0.2, 0) is 6.54 Å². The highest BCUT2D eigenvalue weighted by Gasteiger charge is 2.33. The fourth-order valence-corrected chi connectivity index (χ4v) is 3.09. The third-order valence-corrected chi connectivity index (χ3v) is 4.40. The second kappa shape index (κ2) is 7.16. The number of ether oxygens (including phenoxy) is 2. The number of carbonyl (C=O) groups excluding carboxylic acids is 1. The molecule has 140 valence electrons. The van der Waals surface area contributed by atoms with E-state index in [1.165, 1.54) is 6.92 Å². The molecule has 1 aliphatic heterocycles. The molecule has 0 aliphatic carbocycles. The van der Waals surface area contributed by atoms with Crippen LogP contribution in [0.25, 0.3) is 0 Å². The Labute approximate surface area is 156 Å². The van der Waals surface area contributed by atoms with Gasteiger partial charge in [-0.1, -0.05) is 26.0 Å². The minimum atomic E-state index is -0.985. The quantitative estimate of drug-likeness (QED) is 0.832. The van der Waals surface area contributed by atoms with Crippen molar-refractivity contribution >= 4 is 5.78 Å². The number of para-hydroxylation sites is 2. The first-order valence-corrected chi connectivity index (χ1v) is 8.64. The van der Waals surface area contributed by atoms with Gasteiger partial charge in [-0.25, -0.2) is 0 Å². The van der Waals surface area contributed by atoms with Gasteiger partial charge in [-0.15, -0.1) is 0 Å². The van der Waals surface area contributed by atoms with Crippen molar-refractivity contribution in [2.24, 2.45) is 5.92 Å². The summed E-state index contributed by atoms with van der Waals surface area (Å²) in [6.07, 6.45) is -0.985. The van der Waals surface area contributed by atoms with E-state index < -0.39 is 23.3 Å². The number of hydrogen-bond acceptors (Lipinski definition) is 6. The summed E-state index contributed by atoms with van der Waals surface area (Å²) in [7, 11) is 0. The topological polar surface area (TPSA) is 102 Å². The van der Waals surface area contributed by atoms with E-state index in [9.17, 15) is 20.0 Å². The molecule has 0 bridgehead atoms. The van der Waals surface area contributed by atoms with Gasteiger partial charge in [0, 0.05) is 6.54 Å². The van der Waals surface area contributed by atoms with Gasteiger partial charge in [0.1, 0.15) is 18.2 Å². The lowest BCUT2D eigenvalue weighted by molar-refractivity contribution is 0.0581. The molecule has 3 rings (SSSR count). The number of hydrogen-bond donors (Lipinski definition) is 1. The van der Waals surface area contributed by atoms with E-state index in [0.29, 0.717) is 11.5 Å². The molecule has 1 N–H and O–H groups in total. The van der Waals surface area contributed by atoms with E-state index in [4.69, 9.17) is 9.47 Å². The summed E-state index contributed by atoms with van der Waals surface area (Å²) in [5, 5.41) is 20.0. The summed E-state index contributed by atoms with van der Waals surface area (Å²) in [5.41, 5.74) is -0.704. The van der Waals surface area contributed by atoms with Crippen molar-refractivity contribution < 1.29 is 19.4 Å². The number of carbonyl (C=O) groups is 1. The predicted octanol–water partition coefficient (Wildman–Crippen LogP) is 2.41. The van der Waals surface area contributed by atoms with Crippen molar-refractivity contribution in [2.45, 2.75) is 33.4 Å². The molecule has 2 aromatic rings. The Kier molecular flexibility index (Phi) is 4.91. The first-order chi connectivity index (χ1) is 12.8. The first-order valence-electron chi connectivity index (χ1n) is 8.64. The highest BCUT2D eigenvalue weighted by Crippen LogP contribution is 2.33. The van der Waals surface area contributed by atoms with Crippen LogP contribution in [0, 0.1) is 24.2 Å². The number of nitriles is 1. The van der Waals surface area contributed by atoms with Gasteiger partial charge < -0.3 is 14.6 Å². The van der Waals surface area contributed by atoms with Crippen LogP contribution in [0.4, 0.5) is 0 Å². The normalized spacial score (nSPS) is 15.4. The fraction of sp³-hybridized carbons (Fsp3) is 0.350. The fourth-order valence-electron chi connectivity index (χ4n) is 3.09. The third-order valence-electron chi connectivity index (χ3n) is 4.40. The van der Waals surface area contributed by atoms with Crippen LogP contribution < -0.4 is 15.0 Å². The maximum absolute atomic E-state index is 13.1. The average Bonchev–Trinajstić information content (AvgIpc) is 2.65. The van der Waals surface area contributed by atoms with Gasteiger partial charge in [0.2, 0.25) is 11.7 Å². The number of aromatic hydroxyl groups is 1. The van der Waals surface area contributed by atoms with Gasteiger partial charge in [0.05, 0.1) is 5.56 Å². The summed E-state index contributed by atoms with van der Waals surface area (Å²) >= 11 is 0. The van der Waals surface area contributed by atoms with Crippen molar-refractivity contribution in [3.8, 4) is 23.4 Å². The van der Waals surface area contributed by atoms with Crippen molar-refractivity contribution in [3.63, 3.8) is 0 Å². The molecule has 27 heavy (non-hydrogen) atoms. The van der Waals surface area contributed by atoms with Gasteiger partial charge in [-0.2, -0.15) is 5.26 Å². The van der Waals surface area contributed by atoms with Gasteiger partial charge in [-0.3, -0.25) is 14.2 Å². The van der Waals surface area contributed by atoms with E-state index in [0.717, 1.165) is 4.57 Å². The number of rotatable bonds is 4. The summed E-state index contributed by atoms with van der Waals surface area (Å²) in [4.78, 5) is 25.6. The Bertz CT molecular complexity index is 1000. The Morgan fingerprint density at radius 2 is 2.04 bits per heavy atom. The SMILES string of the molecule is Cc1c(C(=O)C2COc3ccccc3O2)c(O)n(CC(C)C)c(=O)c1C#N. The summed E-state index contributed by atoms with van der Waals surface area (Å²) < 4.78 is 12.4. The molecule has 0 fully saturated rings. The minimum Gasteiger partial charge on any atom is -0.494 e. The number of ketones is 1. The minimum absolute atomic E-state index is 0.0279. The lowest BCUT2D eigenvalue weighted by atomic mass is 9.98. The zero-order chi connectivity index (χ0) is 19.7. The van der Waals surface area contributed by atoms with Crippen molar-refractivity contribution in [3.05, 3.63) is 51.3 Å². The van der Waals surface area contributed by atoms with Crippen LogP contribution in [0.15, 0.2) is 29.1 Å². The number of aromatic nitrogens is 1. The van der Waals surface area contributed by atoms with E-state index in [1.807, 2.05) is 19.9 Å². The van der Waals surface area contributed by atoms with Crippen LogP contribution in [-0.4, -0.2) is 28.2 Å². The molecule has 1 aromatic heterocycles. The summed E-state index contributed by atoms with van der Waals surface area (Å²) in [5.74, 6) is 0.0124. The lowest BCUT2D eigenvalue weighted by Gasteiger charge is -2.26. The maximum Gasteiger partial charge on any atom is 0.271 e. The molecular weight excluding hydrogens is 348 g/mol. The molecule has 7 nitrogen and oxygen atoms in total. The molecule has 1 aromatic carbocycles. The number of Topliss-reactive ketones (excluding diaryl/α,β-unsaturated/α-hetero) is 1. The number of nitrogens with zero attached hydrogens (tertiary/aromatic N) is 2. The van der Waals surface area contributed by atoms with Crippen LogP contribution >= 0.6 is 0 Å². The second-order valence-electron chi connectivity index (χ2n) is 6.85.